The molecule has 2 aromatic carbocycles. The van der Waals surface area contributed by atoms with E-state index in [9.17, 15) is 4.79 Å². The number of nitrogens with one attached hydrogen (secondary N) is 2. The van der Waals surface area contributed by atoms with Gasteiger partial charge in [0.1, 0.15) is 12.4 Å². The summed E-state index contributed by atoms with van der Waals surface area (Å²) >= 11 is 0. The minimum Gasteiger partial charge on any atom is -0.489 e. The molecule has 1 amide bonds. The van der Waals surface area contributed by atoms with E-state index in [2.05, 4.69) is 17.2 Å². The van der Waals surface area contributed by atoms with Gasteiger partial charge in [0.2, 0.25) is 5.91 Å². The Bertz CT molecular complexity index is 696. The molecule has 0 saturated carbocycles. The zero-order chi connectivity index (χ0) is 16.7. The largest absolute Gasteiger partial charge is 0.489 e. The van der Waals surface area contributed by atoms with Crippen LogP contribution in [0.2, 0.25) is 0 Å². The lowest BCUT2D eigenvalue weighted by Gasteiger charge is -2.12. The van der Waals surface area contributed by atoms with Crippen molar-refractivity contribution in [1.29, 1.82) is 0 Å². The summed E-state index contributed by atoms with van der Waals surface area (Å²) in [5.74, 6) is 0.654. The Morgan fingerprint density at radius 3 is 2.78 bits per heavy atom. The zero-order valence-electron chi connectivity index (χ0n) is 13.6. The van der Waals surface area contributed by atoms with Gasteiger partial charge < -0.3 is 15.4 Å². The van der Waals surface area contributed by atoms with Gasteiger partial charge in [-0.3, -0.25) is 4.79 Å². The van der Waals surface area contributed by atoms with Gasteiger partial charge in [0, 0.05) is 17.4 Å². The normalized spacial score (nSPS) is 10.0. The summed E-state index contributed by atoms with van der Waals surface area (Å²) in [5, 5.41) is 6.02. The van der Waals surface area contributed by atoms with Gasteiger partial charge >= 0.3 is 0 Å². The van der Waals surface area contributed by atoms with Crippen LogP contribution in [0.1, 0.15) is 11.1 Å². The summed E-state index contributed by atoms with van der Waals surface area (Å²) in [6.45, 7) is 8.29. The SMILES string of the molecule is C=CCOc1cccc(NCC(=O)Nc2cccc(C)c2C)c1. The Kier molecular flexibility index (Phi) is 5.80. The van der Waals surface area contributed by atoms with E-state index in [1.807, 2.05) is 56.3 Å². The molecular formula is C19H22N2O2. The molecule has 0 unspecified atom stereocenters. The second kappa shape index (κ2) is 8.03. The molecule has 0 radical (unpaired) electrons. The van der Waals surface area contributed by atoms with Crippen molar-refractivity contribution >= 4 is 17.3 Å². The molecule has 120 valence electrons. The van der Waals surface area contributed by atoms with Crippen molar-refractivity contribution in [2.75, 3.05) is 23.8 Å². The first kappa shape index (κ1) is 16.6. The van der Waals surface area contributed by atoms with Crippen molar-refractivity contribution in [3.8, 4) is 5.75 Å². The molecule has 0 bridgehead atoms. The standard InChI is InChI=1S/C19H22N2O2/c1-4-11-23-17-9-6-8-16(12-17)20-13-19(22)21-18-10-5-7-14(2)15(18)3/h4-10,12,20H,1,11,13H2,2-3H3,(H,21,22). The number of benzene rings is 2. The van der Waals surface area contributed by atoms with E-state index in [1.165, 1.54) is 0 Å². The lowest BCUT2D eigenvalue weighted by Crippen LogP contribution is -2.22. The highest BCUT2D eigenvalue weighted by atomic mass is 16.5. The third-order valence-corrected chi connectivity index (χ3v) is 3.53. The maximum atomic E-state index is 12.1. The van der Waals surface area contributed by atoms with Gasteiger partial charge in [0.25, 0.3) is 0 Å². The second-order valence-corrected chi connectivity index (χ2v) is 5.28. The van der Waals surface area contributed by atoms with E-state index in [1.54, 1.807) is 6.08 Å². The van der Waals surface area contributed by atoms with E-state index in [0.29, 0.717) is 6.61 Å². The summed E-state index contributed by atoms with van der Waals surface area (Å²) in [6, 6.07) is 13.4. The molecule has 2 N–H and O–H groups in total. The highest BCUT2D eigenvalue weighted by Gasteiger charge is 2.06. The van der Waals surface area contributed by atoms with Crippen molar-refractivity contribution in [3.63, 3.8) is 0 Å². The molecule has 2 rings (SSSR count). The molecule has 2 aromatic rings. The molecule has 0 heterocycles. The first-order valence-corrected chi connectivity index (χ1v) is 7.54. The molecule has 4 nitrogen and oxygen atoms in total. The van der Waals surface area contributed by atoms with Crippen LogP contribution >= 0.6 is 0 Å². The monoisotopic (exact) mass is 310 g/mol. The Hall–Kier alpha value is -2.75. The number of carbonyl (C=O) groups excluding carboxylic acids is 1. The van der Waals surface area contributed by atoms with Gasteiger partial charge in [0.05, 0.1) is 6.54 Å². The third kappa shape index (κ3) is 4.88. The molecule has 0 aliphatic carbocycles. The molecule has 4 heteroatoms. The Balaban J connectivity index is 1.91. The molecule has 0 aromatic heterocycles. The maximum absolute atomic E-state index is 12.1. The topological polar surface area (TPSA) is 50.4 Å². The van der Waals surface area contributed by atoms with Crippen LogP contribution in [0.5, 0.6) is 5.75 Å². The van der Waals surface area contributed by atoms with E-state index in [-0.39, 0.29) is 12.5 Å². The average molecular weight is 310 g/mol. The molecule has 0 saturated heterocycles. The lowest BCUT2D eigenvalue weighted by molar-refractivity contribution is -0.114. The van der Waals surface area contributed by atoms with Crippen LogP contribution in [0.25, 0.3) is 0 Å². The Morgan fingerprint density at radius 1 is 1.22 bits per heavy atom. The van der Waals surface area contributed by atoms with Gasteiger partial charge in [-0.05, 0) is 43.2 Å². The zero-order valence-corrected chi connectivity index (χ0v) is 13.6. The highest BCUT2D eigenvalue weighted by molar-refractivity contribution is 5.94. The molecule has 23 heavy (non-hydrogen) atoms. The number of hydrogen-bond donors (Lipinski definition) is 2. The fourth-order valence-corrected chi connectivity index (χ4v) is 2.11. The fourth-order valence-electron chi connectivity index (χ4n) is 2.11. The Morgan fingerprint density at radius 2 is 2.00 bits per heavy atom. The number of anilines is 2. The minimum atomic E-state index is -0.0869. The second-order valence-electron chi connectivity index (χ2n) is 5.28. The predicted molar refractivity (Wildman–Crippen MR) is 95.2 cm³/mol. The van der Waals surface area contributed by atoms with Crippen molar-refractivity contribution in [1.82, 2.24) is 0 Å². The molecule has 0 aliphatic heterocycles. The molecule has 0 spiro atoms. The van der Waals surface area contributed by atoms with Crippen LogP contribution < -0.4 is 15.4 Å². The molecule has 0 fully saturated rings. The quantitative estimate of drug-likeness (QED) is 0.762. The summed E-state index contributed by atoms with van der Waals surface area (Å²) in [5.41, 5.74) is 3.92. The lowest BCUT2D eigenvalue weighted by atomic mass is 10.1. The van der Waals surface area contributed by atoms with Crippen LogP contribution in [0.3, 0.4) is 0 Å². The van der Waals surface area contributed by atoms with Crippen molar-refractivity contribution in [3.05, 3.63) is 66.2 Å². The van der Waals surface area contributed by atoms with Gasteiger partial charge in [-0.15, -0.1) is 0 Å². The number of ether oxygens (including phenoxy) is 1. The van der Waals surface area contributed by atoms with Gasteiger partial charge in [-0.25, -0.2) is 0 Å². The van der Waals surface area contributed by atoms with Gasteiger partial charge in [0.15, 0.2) is 0 Å². The van der Waals surface area contributed by atoms with Crippen LogP contribution in [0.4, 0.5) is 11.4 Å². The molecular weight excluding hydrogens is 288 g/mol. The van der Waals surface area contributed by atoms with Gasteiger partial charge in [-0.2, -0.15) is 0 Å². The number of amides is 1. The third-order valence-electron chi connectivity index (χ3n) is 3.53. The number of rotatable bonds is 7. The predicted octanol–water partition coefficient (Wildman–Crippen LogP) is 3.92. The smallest absolute Gasteiger partial charge is 0.243 e. The summed E-state index contributed by atoms with van der Waals surface area (Å²) < 4.78 is 5.47. The van der Waals surface area contributed by atoms with E-state index >= 15 is 0 Å². The maximum Gasteiger partial charge on any atom is 0.243 e. The fraction of sp³-hybridized carbons (Fsp3) is 0.211. The Labute approximate surface area is 137 Å². The number of hydrogen-bond acceptors (Lipinski definition) is 3. The first-order chi connectivity index (χ1) is 11.1. The highest BCUT2D eigenvalue weighted by Crippen LogP contribution is 2.19. The van der Waals surface area contributed by atoms with Crippen molar-refractivity contribution in [2.45, 2.75) is 13.8 Å². The summed E-state index contributed by atoms with van der Waals surface area (Å²) in [4.78, 5) is 12.1. The summed E-state index contributed by atoms with van der Waals surface area (Å²) in [6.07, 6.45) is 1.69. The molecule has 0 aliphatic rings. The van der Waals surface area contributed by atoms with Crippen LogP contribution in [0, 0.1) is 13.8 Å². The van der Waals surface area contributed by atoms with Crippen LogP contribution in [-0.2, 0) is 4.79 Å². The van der Waals surface area contributed by atoms with Crippen molar-refractivity contribution < 1.29 is 9.53 Å². The van der Waals surface area contributed by atoms with Crippen LogP contribution in [0.15, 0.2) is 55.1 Å². The first-order valence-electron chi connectivity index (χ1n) is 7.54. The van der Waals surface area contributed by atoms with Gasteiger partial charge in [-0.1, -0.05) is 30.9 Å². The average Bonchev–Trinajstić information content (AvgIpc) is 2.56. The van der Waals surface area contributed by atoms with E-state index < -0.39 is 0 Å². The number of carbonyl (C=O) groups is 1. The minimum absolute atomic E-state index is 0.0869. The molecule has 0 atom stereocenters. The summed E-state index contributed by atoms with van der Waals surface area (Å²) in [7, 11) is 0. The van der Waals surface area contributed by atoms with E-state index in [0.717, 1.165) is 28.3 Å². The van der Waals surface area contributed by atoms with E-state index in [4.69, 9.17) is 4.74 Å². The number of aryl methyl sites for hydroxylation is 1. The van der Waals surface area contributed by atoms with Crippen LogP contribution in [-0.4, -0.2) is 19.1 Å². The van der Waals surface area contributed by atoms with Crippen molar-refractivity contribution in [2.24, 2.45) is 0 Å².